The lowest BCUT2D eigenvalue weighted by molar-refractivity contribution is 0.101. The van der Waals surface area contributed by atoms with Gasteiger partial charge in [0.25, 0.3) is 11.5 Å². The Morgan fingerprint density at radius 1 is 1.19 bits per heavy atom. The average molecular weight is 486 g/mol. The zero-order chi connectivity index (χ0) is 26.0. The maximum Gasteiger partial charge on any atom is 0.296 e. The molecule has 0 aliphatic carbocycles. The number of amides is 1. The van der Waals surface area contributed by atoms with E-state index in [0.29, 0.717) is 16.8 Å². The molecule has 36 heavy (non-hydrogen) atoms. The van der Waals surface area contributed by atoms with Gasteiger partial charge in [-0.05, 0) is 25.5 Å². The highest BCUT2D eigenvalue weighted by Gasteiger charge is 2.32. The van der Waals surface area contributed by atoms with Crippen molar-refractivity contribution in [2.45, 2.75) is 32.6 Å². The molecule has 0 radical (unpaired) electrons. The molecule has 2 N–H and O–H groups in total. The molecular formula is C25H23N7O4. The number of hydrogen-bond donors (Lipinski definition) is 2. The summed E-state index contributed by atoms with van der Waals surface area (Å²) >= 11 is 0. The van der Waals surface area contributed by atoms with Crippen LogP contribution < -0.4 is 10.9 Å². The van der Waals surface area contributed by atoms with Crippen LogP contribution in [0.25, 0.3) is 0 Å². The van der Waals surface area contributed by atoms with Crippen LogP contribution in [0.3, 0.4) is 0 Å². The zero-order valence-electron chi connectivity index (χ0n) is 20.1. The number of anilines is 1. The van der Waals surface area contributed by atoms with E-state index in [2.05, 4.69) is 26.5 Å². The lowest BCUT2D eigenvalue weighted by atomic mass is 9.81. The number of hydrogen-bond acceptors (Lipinski definition) is 9. The number of aryl methyl sites for hydroxylation is 2. The van der Waals surface area contributed by atoms with E-state index in [9.17, 15) is 20.0 Å². The number of aromatic nitrogens is 5. The Morgan fingerprint density at radius 2 is 1.94 bits per heavy atom. The molecule has 0 fully saturated rings. The molecule has 182 valence electrons. The van der Waals surface area contributed by atoms with Gasteiger partial charge < -0.3 is 14.9 Å². The minimum atomic E-state index is -0.804. The van der Waals surface area contributed by atoms with Crippen molar-refractivity contribution in [2.24, 2.45) is 7.05 Å². The number of carbonyl (C=O) groups excluding carboxylic acids is 1. The fourth-order valence-corrected chi connectivity index (χ4v) is 4.04. The third-order valence-corrected chi connectivity index (χ3v) is 6.06. The van der Waals surface area contributed by atoms with E-state index in [1.54, 1.807) is 18.3 Å². The van der Waals surface area contributed by atoms with E-state index in [0.717, 1.165) is 11.4 Å². The molecule has 0 unspecified atom stereocenters. The SMILES string of the molecule is Cc1ncc([C@@H](c2ccccc2C#N)[C@H](C)c2nc(C(=O)Nc3cnoc3)c(O)c(=O)n2C)nc1C. The summed E-state index contributed by atoms with van der Waals surface area (Å²) in [7, 11) is 1.46. The van der Waals surface area contributed by atoms with Gasteiger partial charge in [0.1, 0.15) is 17.8 Å². The summed E-state index contributed by atoms with van der Waals surface area (Å²) in [6, 6.07) is 9.30. The van der Waals surface area contributed by atoms with Crippen LogP contribution in [0.15, 0.2) is 52.2 Å². The van der Waals surface area contributed by atoms with Gasteiger partial charge >= 0.3 is 0 Å². The van der Waals surface area contributed by atoms with E-state index in [1.807, 2.05) is 32.9 Å². The van der Waals surface area contributed by atoms with E-state index in [1.165, 1.54) is 24.1 Å². The van der Waals surface area contributed by atoms with Gasteiger partial charge in [-0.15, -0.1) is 0 Å². The van der Waals surface area contributed by atoms with Gasteiger partial charge in [-0.25, -0.2) is 4.98 Å². The molecule has 1 amide bonds. The van der Waals surface area contributed by atoms with Crippen molar-refractivity contribution >= 4 is 11.6 Å². The first-order chi connectivity index (χ1) is 17.2. The minimum Gasteiger partial charge on any atom is -0.501 e. The molecule has 0 bridgehead atoms. The number of benzene rings is 1. The van der Waals surface area contributed by atoms with Crippen molar-refractivity contribution in [3.05, 3.63) is 93.0 Å². The Bertz CT molecular complexity index is 1540. The Labute approximate surface area is 206 Å². The highest BCUT2D eigenvalue weighted by molar-refractivity contribution is 6.04. The summed E-state index contributed by atoms with van der Waals surface area (Å²) in [5, 5.41) is 26.2. The number of nitriles is 1. The standard InChI is InChI=1S/C25H23N7O4/c1-13(20(18-8-6-5-7-16(18)9-26)19-11-27-14(2)15(3)29-19)23-31-21(22(33)25(35)32(23)4)24(34)30-17-10-28-36-12-17/h5-8,10-13,20,33H,1-4H3,(H,30,34)/t13-,20+/m0/s1. The van der Waals surface area contributed by atoms with E-state index in [-0.39, 0.29) is 11.5 Å². The van der Waals surface area contributed by atoms with Crippen molar-refractivity contribution in [3.8, 4) is 11.8 Å². The third kappa shape index (κ3) is 4.44. The average Bonchev–Trinajstić information content (AvgIpc) is 3.38. The second-order valence-corrected chi connectivity index (χ2v) is 8.33. The summed E-state index contributed by atoms with van der Waals surface area (Å²) in [5.41, 5.74) is 2.17. The summed E-state index contributed by atoms with van der Waals surface area (Å²) in [6.45, 7) is 5.50. The highest BCUT2D eigenvalue weighted by atomic mass is 16.5. The molecular weight excluding hydrogens is 462 g/mol. The monoisotopic (exact) mass is 485 g/mol. The van der Waals surface area contributed by atoms with Crippen molar-refractivity contribution in [1.82, 2.24) is 24.7 Å². The number of carbonyl (C=O) groups is 1. The van der Waals surface area contributed by atoms with Crippen LogP contribution in [0.5, 0.6) is 5.75 Å². The van der Waals surface area contributed by atoms with Crippen molar-refractivity contribution < 1.29 is 14.4 Å². The number of aromatic hydroxyl groups is 1. The third-order valence-electron chi connectivity index (χ3n) is 6.06. The molecule has 3 heterocycles. The highest BCUT2D eigenvalue weighted by Crippen LogP contribution is 2.38. The quantitative estimate of drug-likeness (QED) is 0.418. The summed E-state index contributed by atoms with van der Waals surface area (Å²) < 4.78 is 5.89. The van der Waals surface area contributed by atoms with Crippen LogP contribution >= 0.6 is 0 Å². The van der Waals surface area contributed by atoms with Gasteiger partial charge in [0.05, 0.1) is 34.9 Å². The first-order valence-electron chi connectivity index (χ1n) is 11.0. The van der Waals surface area contributed by atoms with Gasteiger partial charge in [0.2, 0.25) is 5.75 Å². The molecule has 11 heteroatoms. The van der Waals surface area contributed by atoms with Crippen LogP contribution in [-0.4, -0.2) is 35.7 Å². The Balaban J connectivity index is 1.89. The van der Waals surface area contributed by atoms with Crippen molar-refractivity contribution in [3.63, 3.8) is 0 Å². The van der Waals surface area contributed by atoms with Crippen LogP contribution in [0.1, 0.15) is 63.3 Å². The van der Waals surface area contributed by atoms with E-state index in [4.69, 9.17) is 9.51 Å². The molecule has 4 aromatic rings. The number of nitrogens with one attached hydrogen (secondary N) is 1. The van der Waals surface area contributed by atoms with Gasteiger partial charge in [0.15, 0.2) is 5.69 Å². The normalized spacial score (nSPS) is 12.5. The predicted molar refractivity (Wildman–Crippen MR) is 129 cm³/mol. The Hall–Kier alpha value is -4.85. The van der Waals surface area contributed by atoms with Gasteiger partial charge in [-0.2, -0.15) is 5.26 Å². The largest absolute Gasteiger partial charge is 0.501 e. The lowest BCUT2D eigenvalue weighted by Crippen LogP contribution is -2.30. The van der Waals surface area contributed by atoms with Crippen LogP contribution in [0.2, 0.25) is 0 Å². The van der Waals surface area contributed by atoms with Crippen LogP contribution in [0, 0.1) is 25.2 Å². The molecule has 0 aliphatic rings. The number of rotatable bonds is 6. The second-order valence-electron chi connectivity index (χ2n) is 8.33. The van der Waals surface area contributed by atoms with Crippen LogP contribution in [0.4, 0.5) is 5.69 Å². The second kappa shape index (κ2) is 9.79. The fourth-order valence-electron chi connectivity index (χ4n) is 4.04. The van der Waals surface area contributed by atoms with Gasteiger partial charge in [-0.1, -0.05) is 30.3 Å². The lowest BCUT2D eigenvalue weighted by Gasteiger charge is -2.26. The number of nitrogens with zero attached hydrogens (tertiary/aromatic N) is 6. The van der Waals surface area contributed by atoms with Gasteiger partial charge in [0, 0.05) is 25.1 Å². The predicted octanol–water partition coefficient (Wildman–Crippen LogP) is 2.94. The van der Waals surface area contributed by atoms with Gasteiger partial charge in [-0.3, -0.25) is 24.1 Å². The molecule has 1 aromatic carbocycles. The van der Waals surface area contributed by atoms with Crippen LogP contribution in [-0.2, 0) is 7.05 Å². The van der Waals surface area contributed by atoms with Crippen molar-refractivity contribution in [1.29, 1.82) is 5.26 Å². The molecule has 11 nitrogen and oxygen atoms in total. The molecule has 0 aliphatic heterocycles. The summed E-state index contributed by atoms with van der Waals surface area (Å²) in [5.74, 6) is -2.48. The zero-order valence-corrected chi connectivity index (χ0v) is 20.1. The topological polar surface area (TPSA) is 160 Å². The Kier molecular flexibility index (Phi) is 6.60. The van der Waals surface area contributed by atoms with Crippen molar-refractivity contribution in [2.75, 3.05) is 5.32 Å². The first-order valence-corrected chi connectivity index (χ1v) is 11.0. The first kappa shape index (κ1) is 24.3. The molecule has 0 spiro atoms. The minimum absolute atomic E-state index is 0.214. The maximum atomic E-state index is 12.9. The molecule has 0 saturated heterocycles. The van der Waals surface area contributed by atoms with E-state index >= 15 is 0 Å². The molecule has 3 aromatic heterocycles. The molecule has 4 rings (SSSR count). The Morgan fingerprint density at radius 3 is 2.61 bits per heavy atom. The van der Waals surface area contributed by atoms with E-state index < -0.39 is 34.7 Å². The summed E-state index contributed by atoms with van der Waals surface area (Å²) in [4.78, 5) is 39.3. The maximum absolute atomic E-state index is 12.9. The smallest absolute Gasteiger partial charge is 0.296 e. The molecule has 2 atom stereocenters. The molecule has 0 saturated carbocycles. The summed E-state index contributed by atoms with van der Waals surface area (Å²) in [6.07, 6.45) is 4.11. The fraction of sp³-hybridized carbons (Fsp3) is 0.240.